The Balaban J connectivity index is 0.000000308. The fourth-order valence-electron chi connectivity index (χ4n) is 4.06. The van der Waals surface area contributed by atoms with Gasteiger partial charge in [-0.05, 0) is 85.4 Å². The Bertz CT molecular complexity index is 917. The summed E-state index contributed by atoms with van der Waals surface area (Å²) in [5, 5.41) is 12.2. The number of carbonyl (C=O) groups excluding carboxylic acids is 1. The second kappa shape index (κ2) is 16.5. The lowest BCUT2D eigenvalue weighted by atomic mass is 9.84. The fraction of sp³-hybridized carbons (Fsp3) is 0.467. The third-order valence-corrected chi connectivity index (χ3v) is 6.02. The van der Waals surface area contributed by atoms with Crippen LogP contribution in [0.5, 0.6) is 0 Å². The van der Waals surface area contributed by atoms with Gasteiger partial charge in [0.1, 0.15) is 0 Å². The normalized spacial score (nSPS) is 13.6. The number of allylic oxidation sites excluding steroid dienone is 2. The Hall–Kier alpha value is -3.06. The minimum atomic E-state index is 0.250. The monoisotopic (exact) mass is 461 g/mol. The molecule has 1 saturated carbocycles. The largest absolute Gasteiger partial charge is 0.385 e. The summed E-state index contributed by atoms with van der Waals surface area (Å²) in [4.78, 5) is 8.58. The molecule has 3 N–H and O–H groups in total. The van der Waals surface area contributed by atoms with Gasteiger partial charge in [0.25, 0.3) is 0 Å². The first-order valence-corrected chi connectivity index (χ1v) is 12.5. The second-order valence-electron chi connectivity index (χ2n) is 9.30. The van der Waals surface area contributed by atoms with E-state index in [4.69, 9.17) is 10.1 Å². The average Bonchev–Trinajstić information content (AvgIpc) is 2.85. The van der Waals surface area contributed by atoms with Crippen molar-refractivity contribution in [2.24, 2.45) is 11.7 Å². The van der Waals surface area contributed by atoms with E-state index in [2.05, 4.69) is 88.1 Å². The maximum Gasteiger partial charge on any atom is 0.204 e. The molecule has 1 aliphatic rings. The molecule has 0 bridgehead atoms. The Morgan fingerprint density at radius 2 is 1.76 bits per heavy atom. The molecule has 1 fully saturated rings. The number of benzene rings is 2. The van der Waals surface area contributed by atoms with Crippen LogP contribution >= 0.6 is 0 Å². The van der Waals surface area contributed by atoms with Crippen molar-refractivity contribution in [1.29, 1.82) is 5.26 Å². The van der Waals surface area contributed by atoms with Crippen LogP contribution in [0.15, 0.2) is 48.5 Å². The number of amides is 1. The first kappa shape index (κ1) is 29.0. The molecule has 0 heterocycles. The Labute approximate surface area is 207 Å². The topological polar surface area (TPSA) is 78.9 Å². The number of primary amides is 1. The smallest absolute Gasteiger partial charge is 0.204 e. The Kier molecular flexibility index (Phi) is 14.1. The van der Waals surface area contributed by atoms with Gasteiger partial charge in [-0.25, -0.2) is 0 Å². The van der Waals surface area contributed by atoms with Crippen molar-refractivity contribution in [2.45, 2.75) is 79.1 Å². The molecule has 0 atom stereocenters. The molecule has 4 nitrogen and oxygen atoms in total. The standard InChI is InChI=1S/C16H25N.C13H15N.CH3NO/c1-6-7-13(4)15-9-8-14(5)16(10-15)17-11-12(2)3;14-10-11-6-8-13(9-7-11)12-4-2-1-3-5-12;2-1-3/h7-10,12,17H,6,11H2,1-5H3;6-9,12H,1-5H2;1H,(H2,2,3)/b13-7-;;. The van der Waals surface area contributed by atoms with Crippen LogP contribution in [0.4, 0.5) is 5.69 Å². The van der Waals surface area contributed by atoms with Gasteiger partial charge in [0, 0.05) is 12.2 Å². The third-order valence-electron chi connectivity index (χ3n) is 6.02. The van der Waals surface area contributed by atoms with Crippen molar-refractivity contribution >= 4 is 17.7 Å². The summed E-state index contributed by atoms with van der Waals surface area (Å²) in [6.07, 6.45) is 10.4. The van der Waals surface area contributed by atoms with Gasteiger partial charge in [-0.1, -0.05) is 70.4 Å². The van der Waals surface area contributed by atoms with Crippen LogP contribution in [0.3, 0.4) is 0 Å². The second-order valence-corrected chi connectivity index (χ2v) is 9.30. The fourth-order valence-corrected chi connectivity index (χ4v) is 4.06. The molecule has 1 aliphatic carbocycles. The van der Waals surface area contributed by atoms with E-state index >= 15 is 0 Å². The molecular formula is C30H43N3O. The summed E-state index contributed by atoms with van der Waals surface area (Å²) < 4.78 is 0. The lowest BCUT2D eigenvalue weighted by Crippen LogP contribution is -2.09. The van der Waals surface area contributed by atoms with Gasteiger partial charge >= 0.3 is 0 Å². The van der Waals surface area contributed by atoms with E-state index < -0.39 is 0 Å². The Morgan fingerprint density at radius 3 is 2.29 bits per heavy atom. The summed E-state index contributed by atoms with van der Waals surface area (Å²) in [5.74, 6) is 1.42. The molecule has 1 amide bonds. The van der Waals surface area contributed by atoms with Gasteiger partial charge < -0.3 is 11.1 Å². The molecule has 0 aliphatic heterocycles. The van der Waals surface area contributed by atoms with Crippen LogP contribution in [-0.4, -0.2) is 13.0 Å². The molecule has 0 radical (unpaired) electrons. The van der Waals surface area contributed by atoms with Crippen LogP contribution in [0.1, 0.15) is 94.4 Å². The number of hydrogen-bond acceptors (Lipinski definition) is 3. The van der Waals surface area contributed by atoms with E-state index in [1.165, 1.54) is 60.1 Å². The molecule has 34 heavy (non-hydrogen) atoms. The molecule has 184 valence electrons. The number of anilines is 1. The summed E-state index contributed by atoms with van der Waals surface area (Å²) in [7, 11) is 0. The highest BCUT2D eigenvalue weighted by Crippen LogP contribution is 2.32. The van der Waals surface area contributed by atoms with Crippen molar-refractivity contribution in [3.05, 3.63) is 70.8 Å². The molecular weight excluding hydrogens is 418 g/mol. The maximum atomic E-state index is 8.69. The van der Waals surface area contributed by atoms with Gasteiger partial charge in [-0.3, -0.25) is 4.79 Å². The van der Waals surface area contributed by atoms with Crippen molar-refractivity contribution in [3.8, 4) is 6.07 Å². The maximum absolute atomic E-state index is 8.69. The van der Waals surface area contributed by atoms with Gasteiger partial charge in [-0.2, -0.15) is 5.26 Å². The summed E-state index contributed by atoms with van der Waals surface area (Å²) in [6.45, 7) is 12.0. The first-order chi connectivity index (χ1) is 16.4. The molecule has 0 aromatic heterocycles. The van der Waals surface area contributed by atoms with E-state index in [1.807, 2.05) is 12.1 Å². The highest BCUT2D eigenvalue weighted by molar-refractivity contribution is 5.68. The summed E-state index contributed by atoms with van der Waals surface area (Å²) >= 11 is 0. The zero-order chi connectivity index (χ0) is 25.3. The van der Waals surface area contributed by atoms with E-state index in [0.717, 1.165) is 24.4 Å². The minimum absolute atomic E-state index is 0.250. The highest BCUT2D eigenvalue weighted by atomic mass is 16.1. The number of nitrogens with zero attached hydrogens (tertiary/aromatic N) is 1. The molecule has 0 unspecified atom stereocenters. The molecule has 3 rings (SSSR count). The van der Waals surface area contributed by atoms with Gasteiger partial charge in [0.2, 0.25) is 6.41 Å². The number of aryl methyl sites for hydroxylation is 1. The van der Waals surface area contributed by atoms with Crippen LogP contribution in [0.2, 0.25) is 0 Å². The SMILES string of the molecule is CC/C=C(/C)c1ccc(C)c(NCC(C)C)c1.N#Cc1ccc(C2CCCCC2)cc1.NC=O. The van der Waals surface area contributed by atoms with Crippen molar-refractivity contribution in [2.75, 3.05) is 11.9 Å². The number of hydrogen-bond donors (Lipinski definition) is 2. The van der Waals surface area contributed by atoms with Gasteiger partial charge in [0.15, 0.2) is 0 Å². The van der Waals surface area contributed by atoms with E-state index in [-0.39, 0.29) is 6.41 Å². The zero-order valence-corrected chi connectivity index (χ0v) is 21.7. The van der Waals surface area contributed by atoms with Crippen LogP contribution in [0.25, 0.3) is 5.57 Å². The van der Waals surface area contributed by atoms with Crippen LogP contribution in [0, 0.1) is 24.2 Å². The molecule has 0 saturated heterocycles. The van der Waals surface area contributed by atoms with Crippen LogP contribution in [-0.2, 0) is 4.79 Å². The summed E-state index contributed by atoms with van der Waals surface area (Å²) in [6, 6.07) is 16.9. The predicted octanol–water partition coefficient (Wildman–Crippen LogP) is 7.58. The molecule has 4 heteroatoms. The predicted molar refractivity (Wildman–Crippen MR) is 146 cm³/mol. The minimum Gasteiger partial charge on any atom is -0.385 e. The molecule has 2 aromatic carbocycles. The number of carbonyl (C=O) groups is 1. The molecule has 2 aromatic rings. The zero-order valence-electron chi connectivity index (χ0n) is 21.7. The molecule has 0 spiro atoms. The van der Waals surface area contributed by atoms with Gasteiger partial charge in [-0.15, -0.1) is 0 Å². The number of nitriles is 1. The first-order valence-electron chi connectivity index (χ1n) is 12.5. The highest BCUT2D eigenvalue weighted by Gasteiger charge is 2.14. The third kappa shape index (κ3) is 10.7. The number of nitrogens with two attached hydrogens (primary N) is 1. The van der Waals surface area contributed by atoms with E-state index in [1.54, 1.807) is 0 Å². The van der Waals surface area contributed by atoms with E-state index in [9.17, 15) is 0 Å². The lowest BCUT2D eigenvalue weighted by Gasteiger charge is -2.21. The Morgan fingerprint density at radius 1 is 1.15 bits per heavy atom. The summed E-state index contributed by atoms with van der Waals surface area (Å²) in [5.41, 5.74) is 11.6. The van der Waals surface area contributed by atoms with E-state index in [0.29, 0.717) is 5.92 Å². The van der Waals surface area contributed by atoms with Gasteiger partial charge in [0.05, 0.1) is 11.6 Å². The van der Waals surface area contributed by atoms with Crippen molar-refractivity contribution < 1.29 is 4.79 Å². The quantitative estimate of drug-likeness (QED) is 0.435. The lowest BCUT2D eigenvalue weighted by molar-refractivity contribution is -0.106. The number of rotatable bonds is 6. The average molecular weight is 462 g/mol. The number of nitrogens with one attached hydrogen (secondary N) is 1. The van der Waals surface area contributed by atoms with Crippen molar-refractivity contribution in [3.63, 3.8) is 0 Å². The van der Waals surface area contributed by atoms with Crippen LogP contribution < -0.4 is 11.1 Å². The van der Waals surface area contributed by atoms with Crippen molar-refractivity contribution in [1.82, 2.24) is 0 Å².